The number of β-amino-alcohol motifs (C(OH)–C–C–N with tert-alkyl or cyclic N) is 1. The number of nitrogens with zero attached hydrogens (tertiary/aromatic N) is 3. The van der Waals surface area contributed by atoms with Gasteiger partial charge in [0.15, 0.2) is 0 Å². The van der Waals surface area contributed by atoms with Crippen molar-refractivity contribution in [3.63, 3.8) is 0 Å². The van der Waals surface area contributed by atoms with E-state index in [0.29, 0.717) is 19.1 Å². The van der Waals surface area contributed by atoms with Gasteiger partial charge >= 0.3 is 0 Å². The molecule has 24 heavy (non-hydrogen) atoms. The molecule has 3 heterocycles. The first-order chi connectivity index (χ1) is 11.4. The Morgan fingerprint density at radius 2 is 1.88 bits per heavy atom. The number of hydrogen-bond donors (Lipinski definition) is 2. The predicted octanol–water partition coefficient (Wildman–Crippen LogP) is -0.616. The van der Waals surface area contributed by atoms with Crippen LogP contribution in [-0.2, 0) is 9.59 Å². The Balaban J connectivity index is 1.54. The first-order valence-corrected chi connectivity index (χ1v) is 9.15. The van der Waals surface area contributed by atoms with Crippen molar-refractivity contribution >= 4 is 11.8 Å². The molecular weight excluding hydrogens is 308 g/mol. The van der Waals surface area contributed by atoms with Gasteiger partial charge in [-0.1, -0.05) is 0 Å². The van der Waals surface area contributed by atoms with Crippen LogP contribution in [0.3, 0.4) is 0 Å². The molecule has 2 bridgehead atoms. The van der Waals surface area contributed by atoms with Gasteiger partial charge < -0.3 is 15.7 Å². The number of carbonyl (C=O) groups excluding carboxylic acids is 2. The summed E-state index contributed by atoms with van der Waals surface area (Å²) in [4.78, 5) is 29.7. The van der Waals surface area contributed by atoms with Gasteiger partial charge in [0.2, 0.25) is 11.8 Å². The summed E-state index contributed by atoms with van der Waals surface area (Å²) >= 11 is 0. The largest absolute Gasteiger partial charge is 0.390 e. The minimum absolute atomic E-state index is 0.114. The Morgan fingerprint density at radius 3 is 2.50 bits per heavy atom. The number of carbonyl (C=O) groups is 2. The van der Waals surface area contributed by atoms with Crippen LogP contribution in [0.25, 0.3) is 0 Å². The number of amides is 2. The molecule has 7 heteroatoms. The Morgan fingerprint density at radius 1 is 1.17 bits per heavy atom. The Labute approximate surface area is 143 Å². The molecule has 0 radical (unpaired) electrons. The predicted molar refractivity (Wildman–Crippen MR) is 90.2 cm³/mol. The van der Waals surface area contributed by atoms with Crippen LogP contribution in [-0.4, -0.2) is 88.6 Å². The molecule has 3 aliphatic rings. The third-order valence-corrected chi connectivity index (χ3v) is 6.16. The number of piperidine rings is 1. The average Bonchev–Trinajstić information content (AvgIpc) is 2.74. The van der Waals surface area contributed by atoms with Crippen molar-refractivity contribution in [2.75, 3.05) is 39.3 Å². The lowest BCUT2D eigenvalue weighted by Crippen LogP contribution is -2.60. The molecule has 0 saturated carbocycles. The number of piperazine rings is 1. The van der Waals surface area contributed by atoms with Crippen LogP contribution in [0, 0.1) is 0 Å². The molecule has 2 amide bonds. The van der Waals surface area contributed by atoms with Crippen molar-refractivity contribution < 1.29 is 14.7 Å². The maximum absolute atomic E-state index is 12.1. The van der Waals surface area contributed by atoms with Gasteiger partial charge in [-0.05, 0) is 32.1 Å². The van der Waals surface area contributed by atoms with E-state index >= 15 is 0 Å². The molecule has 3 rings (SSSR count). The van der Waals surface area contributed by atoms with E-state index in [1.807, 2.05) is 4.90 Å². The maximum atomic E-state index is 12.1. The average molecular weight is 338 g/mol. The summed E-state index contributed by atoms with van der Waals surface area (Å²) in [5.41, 5.74) is 5.19. The van der Waals surface area contributed by atoms with E-state index in [1.54, 1.807) is 6.92 Å². The van der Waals surface area contributed by atoms with Gasteiger partial charge in [-0.2, -0.15) is 0 Å². The molecule has 0 aliphatic carbocycles. The molecule has 3 N–H and O–H groups in total. The monoisotopic (exact) mass is 338 g/mol. The summed E-state index contributed by atoms with van der Waals surface area (Å²) < 4.78 is 0. The molecule has 3 aliphatic heterocycles. The zero-order valence-corrected chi connectivity index (χ0v) is 14.6. The van der Waals surface area contributed by atoms with Crippen LogP contribution in [0.5, 0.6) is 0 Å². The minimum Gasteiger partial charge on any atom is -0.390 e. The van der Waals surface area contributed by atoms with Gasteiger partial charge in [0, 0.05) is 52.2 Å². The van der Waals surface area contributed by atoms with E-state index in [2.05, 4.69) is 9.80 Å². The van der Waals surface area contributed by atoms with Crippen molar-refractivity contribution in [2.24, 2.45) is 5.73 Å². The Hall–Kier alpha value is -1.18. The summed E-state index contributed by atoms with van der Waals surface area (Å²) in [5, 5.41) is 10.6. The summed E-state index contributed by atoms with van der Waals surface area (Å²) in [6.07, 6.45) is 4.31. The third kappa shape index (κ3) is 3.30. The summed E-state index contributed by atoms with van der Waals surface area (Å²) in [6.45, 7) is 5.73. The minimum atomic E-state index is -0.531. The van der Waals surface area contributed by atoms with Crippen molar-refractivity contribution in [1.82, 2.24) is 14.7 Å². The van der Waals surface area contributed by atoms with Gasteiger partial charge in [0.1, 0.15) is 5.54 Å². The second-order valence-electron chi connectivity index (χ2n) is 7.59. The lowest BCUT2D eigenvalue weighted by Gasteiger charge is -2.44. The van der Waals surface area contributed by atoms with E-state index < -0.39 is 11.6 Å². The Bertz CT molecular complexity index is 488. The van der Waals surface area contributed by atoms with Crippen LogP contribution < -0.4 is 5.73 Å². The highest BCUT2D eigenvalue weighted by atomic mass is 16.3. The first-order valence-electron chi connectivity index (χ1n) is 9.15. The zero-order valence-electron chi connectivity index (χ0n) is 14.6. The number of fused-ring (bicyclic) bond motifs is 2. The van der Waals surface area contributed by atoms with Crippen LogP contribution in [0.2, 0.25) is 0 Å². The van der Waals surface area contributed by atoms with E-state index in [-0.39, 0.29) is 11.8 Å². The molecule has 0 aromatic heterocycles. The molecule has 7 nitrogen and oxygen atoms in total. The smallest absolute Gasteiger partial charge is 0.237 e. The molecular formula is C17H30N4O3. The van der Waals surface area contributed by atoms with Gasteiger partial charge in [-0.3, -0.25) is 19.4 Å². The highest BCUT2D eigenvalue weighted by Gasteiger charge is 2.52. The Kier molecular flexibility index (Phi) is 5.13. The molecule has 0 aromatic carbocycles. The molecule has 3 fully saturated rings. The van der Waals surface area contributed by atoms with E-state index in [1.165, 1.54) is 0 Å². The van der Waals surface area contributed by atoms with Crippen LogP contribution >= 0.6 is 0 Å². The lowest BCUT2D eigenvalue weighted by molar-refractivity contribution is -0.132. The van der Waals surface area contributed by atoms with Crippen LogP contribution in [0.1, 0.15) is 39.0 Å². The van der Waals surface area contributed by atoms with Gasteiger partial charge in [0.05, 0.1) is 6.10 Å². The highest BCUT2D eigenvalue weighted by Crippen LogP contribution is 2.43. The maximum Gasteiger partial charge on any atom is 0.237 e. The molecule has 1 unspecified atom stereocenters. The van der Waals surface area contributed by atoms with Gasteiger partial charge in [-0.25, -0.2) is 0 Å². The quantitative estimate of drug-likeness (QED) is 0.698. The van der Waals surface area contributed by atoms with Crippen molar-refractivity contribution in [3.8, 4) is 0 Å². The van der Waals surface area contributed by atoms with E-state index in [0.717, 1.165) is 58.3 Å². The van der Waals surface area contributed by atoms with Gasteiger partial charge in [0.25, 0.3) is 0 Å². The lowest BCUT2D eigenvalue weighted by atomic mass is 9.87. The number of hydrogen-bond acceptors (Lipinski definition) is 5. The zero-order chi connectivity index (χ0) is 17.3. The second kappa shape index (κ2) is 6.98. The van der Waals surface area contributed by atoms with Crippen LogP contribution in [0.15, 0.2) is 0 Å². The number of primary amides is 1. The molecule has 3 saturated heterocycles. The van der Waals surface area contributed by atoms with Crippen molar-refractivity contribution in [2.45, 2.75) is 56.7 Å². The van der Waals surface area contributed by atoms with E-state index in [4.69, 9.17) is 5.73 Å². The highest BCUT2D eigenvalue weighted by molar-refractivity contribution is 5.85. The topological polar surface area (TPSA) is 90.1 Å². The van der Waals surface area contributed by atoms with E-state index in [9.17, 15) is 14.7 Å². The van der Waals surface area contributed by atoms with Crippen molar-refractivity contribution in [3.05, 3.63) is 0 Å². The summed E-state index contributed by atoms with van der Waals surface area (Å²) in [5.74, 6) is -0.115. The number of aliphatic hydroxyl groups excluding tert-OH is 1. The fourth-order valence-electron chi connectivity index (χ4n) is 4.79. The molecule has 3 atom stereocenters. The van der Waals surface area contributed by atoms with Gasteiger partial charge in [-0.15, -0.1) is 0 Å². The molecule has 0 aromatic rings. The first kappa shape index (κ1) is 17.6. The molecule has 136 valence electrons. The third-order valence-electron chi connectivity index (χ3n) is 6.16. The normalized spacial score (nSPS) is 32.8. The van der Waals surface area contributed by atoms with Crippen molar-refractivity contribution in [1.29, 1.82) is 0 Å². The van der Waals surface area contributed by atoms with Crippen LogP contribution in [0.4, 0.5) is 0 Å². The fourth-order valence-corrected chi connectivity index (χ4v) is 4.79. The standard InChI is InChI=1S/C17H30N4O3/c1-13(22)20-9-7-19(8-10-20)11-15(23)12-21-14-3-2-5-17(21,6-4-14)16(18)24/h14-15,23H,2-12H2,1H3,(H2,18,24)/t14-,15?,17+/m1/s1. The number of nitrogens with two attached hydrogens (primary N) is 1. The number of rotatable bonds is 5. The summed E-state index contributed by atoms with van der Waals surface area (Å²) in [7, 11) is 0. The molecule has 0 spiro atoms. The second-order valence-corrected chi connectivity index (χ2v) is 7.59. The summed E-state index contributed by atoms with van der Waals surface area (Å²) in [6, 6.07) is 0.385. The number of aliphatic hydroxyl groups is 1. The SMILES string of the molecule is CC(=O)N1CCN(CC(O)CN2[C@@H]3CCC[C@@]2(C(N)=O)CC3)CC1. The fraction of sp³-hybridized carbons (Fsp3) is 0.882.